The van der Waals surface area contributed by atoms with Gasteiger partial charge in [0.15, 0.2) is 0 Å². The van der Waals surface area contributed by atoms with Crippen LogP contribution in [0, 0.1) is 5.92 Å². The second kappa shape index (κ2) is 8.12. The highest BCUT2D eigenvalue weighted by Gasteiger charge is 2.36. The van der Waals surface area contributed by atoms with Gasteiger partial charge < -0.3 is 14.7 Å². The molecule has 2 aliphatic heterocycles. The van der Waals surface area contributed by atoms with Crippen molar-refractivity contribution in [1.29, 1.82) is 0 Å². The first-order chi connectivity index (χ1) is 12.5. The number of amides is 2. The van der Waals surface area contributed by atoms with Crippen LogP contribution in [0.5, 0.6) is 0 Å². The fourth-order valence-corrected chi connectivity index (χ4v) is 4.00. The molecule has 7 nitrogen and oxygen atoms in total. The van der Waals surface area contributed by atoms with E-state index in [9.17, 15) is 9.59 Å². The van der Waals surface area contributed by atoms with Gasteiger partial charge in [0.25, 0.3) is 0 Å². The van der Waals surface area contributed by atoms with Crippen LogP contribution in [0.2, 0.25) is 0 Å². The molecule has 0 N–H and O–H groups in total. The molecule has 3 rings (SSSR count). The number of nitrogens with zero attached hydrogens (tertiary/aromatic N) is 5. The highest BCUT2D eigenvalue weighted by molar-refractivity contribution is 5.80. The number of rotatable bonds is 4. The summed E-state index contributed by atoms with van der Waals surface area (Å²) >= 11 is 0. The summed E-state index contributed by atoms with van der Waals surface area (Å²) in [6, 6.07) is 0.0305. The minimum absolute atomic E-state index is 0.0177. The van der Waals surface area contributed by atoms with E-state index in [4.69, 9.17) is 4.98 Å². The first-order valence-corrected chi connectivity index (χ1v) is 9.47. The third-order valence-electron chi connectivity index (χ3n) is 5.35. The summed E-state index contributed by atoms with van der Waals surface area (Å²) in [5.41, 5.74) is 1.83. The second-order valence-electron chi connectivity index (χ2n) is 7.64. The van der Waals surface area contributed by atoms with Gasteiger partial charge in [-0.2, -0.15) is 0 Å². The van der Waals surface area contributed by atoms with Gasteiger partial charge in [0.05, 0.1) is 23.6 Å². The average Bonchev–Trinajstić information content (AvgIpc) is 3.10. The molecule has 2 saturated heterocycles. The molecule has 1 unspecified atom stereocenters. The van der Waals surface area contributed by atoms with E-state index in [1.807, 2.05) is 23.9 Å². The standard InChI is InChI=1S/C19H29N5O2/c1-14(25)23-9-6-15(7-10-23)19(26)24-8-4-5-18(24)17-12-20-11-16(21-17)13-22(2)3/h11-12,15,18H,4-10,13H2,1-3H3. The molecule has 142 valence electrons. The number of carbonyl (C=O) groups is 2. The lowest BCUT2D eigenvalue weighted by Gasteiger charge is -2.34. The molecule has 2 fully saturated rings. The lowest BCUT2D eigenvalue weighted by molar-refractivity contribution is -0.140. The molecule has 1 atom stereocenters. The van der Waals surface area contributed by atoms with Crippen LogP contribution in [-0.2, 0) is 16.1 Å². The van der Waals surface area contributed by atoms with Crippen LogP contribution in [0.3, 0.4) is 0 Å². The predicted molar refractivity (Wildman–Crippen MR) is 98.1 cm³/mol. The lowest BCUT2D eigenvalue weighted by atomic mass is 9.94. The van der Waals surface area contributed by atoms with Gasteiger partial charge in [-0.25, -0.2) is 0 Å². The van der Waals surface area contributed by atoms with Gasteiger partial charge in [-0.1, -0.05) is 0 Å². The van der Waals surface area contributed by atoms with Crippen molar-refractivity contribution in [3.05, 3.63) is 23.8 Å². The monoisotopic (exact) mass is 359 g/mol. The van der Waals surface area contributed by atoms with E-state index in [0.717, 1.165) is 50.2 Å². The van der Waals surface area contributed by atoms with Gasteiger partial charge in [-0.05, 0) is 39.8 Å². The number of carbonyl (C=O) groups excluding carboxylic acids is 2. The first-order valence-electron chi connectivity index (χ1n) is 9.47. The smallest absolute Gasteiger partial charge is 0.226 e. The van der Waals surface area contributed by atoms with E-state index in [-0.39, 0.29) is 23.8 Å². The van der Waals surface area contributed by atoms with Crippen LogP contribution >= 0.6 is 0 Å². The van der Waals surface area contributed by atoms with Crippen LogP contribution in [-0.4, -0.2) is 70.2 Å². The van der Waals surface area contributed by atoms with E-state index >= 15 is 0 Å². The summed E-state index contributed by atoms with van der Waals surface area (Å²) < 4.78 is 0. The Labute approximate surface area is 155 Å². The molecule has 1 aromatic heterocycles. The van der Waals surface area contributed by atoms with Gasteiger partial charge in [-0.15, -0.1) is 0 Å². The molecule has 1 aromatic rings. The van der Waals surface area contributed by atoms with Gasteiger partial charge in [0.2, 0.25) is 11.8 Å². The SMILES string of the molecule is CC(=O)N1CCC(C(=O)N2CCCC2c2cncc(CN(C)C)n2)CC1. The molecular weight excluding hydrogens is 330 g/mol. The summed E-state index contributed by atoms with van der Waals surface area (Å²) in [6.45, 7) is 4.49. The molecular formula is C19H29N5O2. The maximum atomic E-state index is 13.1. The van der Waals surface area contributed by atoms with Gasteiger partial charge in [-0.3, -0.25) is 19.6 Å². The van der Waals surface area contributed by atoms with Crippen LogP contribution in [0.1, 0.15) is 50.0 Å². The van der Waals surface area contributed by atoms with Crippen molar-refractivity contribution in [2.75, 3.05) is 33.7 Å². The van der Waals surface area contributed by atoms with Crippen molar-refractivity contribution in [3.8, 4) is 0 Å². The Kier molecular flexibility index (Phi) is 5.86. The zero-order valence-corrected chi connectivity index (χ0v) is 16.0. The van der Waals surface area contributed by atoms with Crippen LogP contribution in [0.4, 0.5) is 0 Å². The molecule has 0 bridgehead atoms. The van der Waals surface area contributed by atoms with Crippen LogP contribution in [0.15, 0.2) is 12.4 Å². The zero-order valence-electron chi connectivity index (χ0n) is 16.0. The van der Waals surface area contributed by atoms with Crippen LogP contribution in [0.25, 0.3) is 0 Å². The third kappa shape index (κ3) is 4.20. The highest BCUT2D eigenvalue weighted by Crippen LogP contribution is 2.33. The molecule has 0 radical (unpaired) electrons. The van der Waals surface area contributed by atoms with Crippen LogP contribution < -0.4 is 0 Å². The summed E-state index contributed by atoms with van der Waals surface area (Å²) in [7, 11) is 4.01. The van der Waals surface area contributed by atoms with E-state index < -0.39 is 0 Å². The molecule has 2 aliphatic rings. The number of piperidine rings is 1. The van der Waals surface area contributed by atoms with Gasteiger partial charge >= 0.3 is 0 Å². The molecule has 0 saturated carbocycles. The number of aromatic nitrogens is 2. The summed E-state index contributed by atoms with van der Waals surface area (Å²) in [5, 5.41) is 0. The van der Waals surface area contributed by atoms with Gasteiger partial charge in [0, 0.05) is 45.2 Å². The van der Waals surface area contributed by atoms with E-state index in [2.05, 4.69) is 9.88 Å². The summed E-state index contributed by atoms with van der Waals surface area (Å²) in [6.07, 6.45) is 7.05. The molecule has 0 aliphatic carbocycles. The molecule has 26 heavy (non-hydrogen) atoms. The fourth-order valence-electron chi connectivity index (χ4n) is 4.00. The predicted octanol–water partition coefficient (Wildman–Crippen LogP) is 1.46. The Bertz CT molecular complexity index is 655. The van der Waals surface area contributed by atoms with Crippen molar-refractivity contribution < 1.29 is 9.59 Å². The molecule has 2 amide bonds. The number of hydrogen-bond acceptors (Lipinski definition) is 5. The first kappa shape index (κ1) is 18.8. The molecule has 7 heteroatoms. The number of hydrogen-bond donors (Lipinski definition) is 0. The molecule has 0 spiro atoms. The largest absolute Gasteiger partial charge is 0.343 e. The minimum atomic E-state index is 0.0177. The minimum Gasteiger partial charge on any atom is -0.343 e. The fraction of sp³-hybridized carbons (Fsp3) is 0.684. The maximum Gasteiger partial charge on any atom is 0.226 e. The zero-order chi connectivity index (χ0) is 18.7. The lowest BCUT2D eigenvalue weighted by Crippen LogP contribution is -2.43. The Hall–Kier alpha value is -2.02. The molecule has 3 heterocycles. The quantitative estimate of drug-likeness (QED) is 0.814. The highest BCUT2D eigenvalue weighted by atomic mass is 16.2. The van der Waals surface area contributed by atoms with Crippen molar-refractivity contribution in [3.63, 3.8) is 0 Å². The van der Waals surface area contributed by atoms with Crippen molar-refractivity contribution >= 4 is 11.8 Å². The van der Waals surface area contributed by atoms with Crippen molar-refractivity contribution in [1.82, 2.24) is 24.7 Å². The topological polar surface area (TPSA) is 69.6 Å². The average molecular weight is 359 g/mol. The van der Waals surface area contributed by atoms with Crippen molar-refractivity contribution in [2.45, 2.75) is 45.2 Å². The third-order valence-corrected chi connectivity index (χ3v) is 5.35. The Balaban J connectivity index is 1.68. The van der Waals surface area contributed by atoms with E-state index in [0.29, 0.717) is 13.1 Å². The van der Waals surface area contributed by atoms with Crippen molar-refractivity contribution in [2.24, 2.45) is 5.92 Å². The van der Waals surface area contributed by atoms with Gasteiger partial charge in [0.1, 0.15) is 0 Å². The normalized spacial score (nSPS) is 21.5. The Morgan fingerprint density at radius 2 is 1.88 bits per heavy atom. The second-order valence-corrected chi connectivity index (χ2v) is 7.64. The van der Waals surface area contributed by atoms with E-state index in [1.54, 1.807) is 19.3 Å². The Morgan fingerprint density at radius 1 is 1.15 bits per heavy atom. The molecule has 0 aromatic carbocycles. The Morgan fingerprint density at radius 3 is 2.54 bits per heavy atom. The summed E-state index contributed by atoms with van der Waals surface area (Å²) in [4.78, 5) is 39.6. The van der Waals surface area contributed by atoms with E-state index in [1.165, 1.54) is 0 Å². The number of likely N-dealkylation sites (tertiary alicyclic amines) is 2. The summed E-state index contributed by atoms with van der Waals surface area (Å²) in [5.74, 6) is 0.336. The maximum absolute atomic E-state index is 13.1.